The van der Waals surface area contributed by atoms with Crippen LogP contribution in [0.5, 0.6) is 0 Å². The van der Waals surface area contributed by atoms with E-state index in [9.17, 15) is 5.26 Å². The minimum Gasteiger partial charge on any atom is -0.235 e. The molecule has 0 radical (unpaired) electrons. The maximum atomic E-state index is 9.51. The molecular weight excluding hydrogens is 336 g/mol. The molecular formula is C20H15ClN2S. The minimum absolute atomic E-state index is 0.518. The van der Waals surface area contributed by atoms with Gasteiger partial charge in [-0.25, -0.2) is 4.98 Å². The van der Waals surface area contributed by atoms with Crippen LogP contribution in [0.2, 0.25) is 5.02 Å². The third kappa shape index (κ3) is 3.41. The normalized spacial score (nSPS) is 11.3. The topological polar surface area (TPSA) is 36.7 Å². The number of nitrogens with zero attached hydrogens (tertiary/aromatic N) is 2. The Balaban J connectivity index is 2.00. The molecule has 0 spiro atoms. The molecule has 0 bridgehead atoms. The number of aryl methyl sites for hydroxylation is 2. The number of rotatable bonds is 3. The van der Waals surface area contributed by atoms with Gasteiger partial charge in [0.05, 0.1) is 11.3 Å². The molecule has 0 saturated carbocycles. The van der Waals surface area contributed by atoms with Gasteiger partial charge < -0.3 is 0 Å². The lowest BCUT2D eigenvalue weighted by atomic mass is 10.0. The molecule has 0 aliphatic carbocycles. The lowest BCUT2D eigenvalue weighted by Crippen LogP contribution is -1.86. The van der Waals surface area contributed by atoms with E-state index in [4.69, 9.17) is 11.6 Å². The summed E-state index contributed by atoms with van der Waals surface area (Å²) in [5.41, 5.74) is 5.73. The Morgan fingerprint density at radius 2 is 2.00 bits per heavy atom. The molecule has 118 valence electrons. The number of allylic oxidation sites excluding steroid dienone is 1. The fraction of sp³-hybridized carbons (Fsp3) is 0.100. The van der Waals surface area contributed by atoms with Crippen molar-refractivity contribution in [3.63, 3.8) is 0 Å². The number of benzene rings is 2. The summed E-state index contributed by atoms with van der Waals surface area (Å²) in [5.74, 6) is 0. The molecule has 24 heavy (non-hydrogen) atoms. The van der Waals surface area contributed by atoms with Gasteiger partial charge in [0.2, 0.25) is 0 Å². The Kier molecular flexibility index (Phi) is 4.80. The smallest absolute Gasteiger partial charge is 0.134 e. The number of nitriles is 1. The van der Waals surface area contributed by atoms with E-state index in [2.05, 4.69) is 43.1 Å². The fourth-order valence-electron chi connectivity index (χ4n) is 2.51. The predicted octanol–water partition coefficient (Wildman–Crippen LogP) is 6.14. The molecule has 0 amide bonds. The van der Waals surface area contributed by atoms with Gasteiger partial charge >= 0.3 is 0 Å². The van der Waals surface area contributed by atoms with Crippen LogP contribution < -0.4 is 0 Å². The average molecular weight is 351 g/mol. The van der Waals surface area contributed by atoms with Crippen LogP contribution in [0.1, 0.15) is 21.7 Å². The highest BCUT2D eigenvalue weighted by atomic mass is 35.5. The van der Waals surface area contributed by atoms with E-state index in [0.29, 0.717) is 15.6 Å². The SMILES string of the molecule is Cc1ccc(-c2csc(/C(C#N)=C\c3ccccc3Cl)n2)c(C)c1. The Morgan fingerprint density at radius 1 is 1.21 bits per heavy atom. The third-order valence-electron chi connectivity index (χ3n) is 3.72. The summed E-state index contributed by atoms with van der Waals surface area (Å²) in [5, 5.41) is 12.8. The summed E-state index contributed by atoms with van der Waals surface area (Å²) in [6.45, 7) is 4.15. The number of halogens is 1. The van der Waals surface area contributed by atoms with Crippen molar-refractivity contribution in [1.82, 2.24) is 4.98 Å². The largest absolute Gasteiger partial charge is 0.235 e. The quantitative estimate of drug-likeness (QED) is 0.531. The van der Waals surface area contributed by atoms with E-state index >= 15 is 0 Å². The molecule has 0 aliphatic heterocycles. The first-order valence-electron chi connectivity index (χ1n) is 7.48. The molecule has 0 N–H and O–H groups in total. The van der Waals surface area contributed by atoms with Crippen molar-refractivity contribution in [1.29, 1.82) is 5.26 Å². The minimum atomic E-state index is 0.518. The lowest BCUT2D eigenvalue weighted by molar-refractivity contribution is 1.32. The number of hydrogen-bond acceptors (Lipinski definition) is 3. The molecule has 1 heterocycles. The van der Waals surface area contributed by atoms with Gasteiger partial charge in [0.1, 0.15) is 11.1 Å². The zero-order valence-corrected chi connectivity index (χ0v) is 14.9. The van der Waals surface area contributed by atoms with Crippen LogP contribution in [0, 0.1) is 25.2 Å². The fourth-order valence-corrected chi connectivity index (χ4v) is 3.49. The van der Waals surface area contributed by atoms with Gasteiger partial charge in [-0.2, -0.15) is 5.26 Å². The van der Waals surface area contributed by atoms with Crippen LogP contribution in [0.15, 0.2) is 47.8 Å². The van der Waals surface area contributed by atoms with Crippen LogP contribution in [0.4, 0.5) is 0 Å². The zero-order chi connectivity index (χ0) is 17.1. The van der Waals surface area contributed by atoms with Crippen molar-refractivity contribution >= 4 is 34.6 Å². The van der Waals surface area contributed by atoms with Gasteiger partial charge in [-0.15, -0.1) is 11.3 Å². The maximum Gasteiger partial charge on any atom is 0.134 e. The third-order valence-corrected chi connectivity index (χ3v) is 4.94. The number of aromatic nitrogens is 1. The predicted molar refractivity (Wildman–Crippen MR) is 102 cm³/mol. The van der Waals surface area contributed by atoms with Gasteiger partial charge in [0.15, 0.2) is 0 Å². The summed E-state index contributed by atoms with van der Waals surface area (Å²) < 4.78 is 0. The number of hydrogen-bond donors (Lipinski definition) is 0. The summed E-state index contributed by atoms with van der Waals surface area (Å²) in [7, 11) is 0. The van der Waals surface area contributed by atoms with Crippen molar-refractivity contribution in [2.24, 2.45) is 0 Å². The van der Waals surface area contributed by atoms with E-state index in [-0.39, 0.29) is 0 Å². The number of thiazole rings is 1. The molecule has 2 aromatic carbocycles. The molecule has 4 heteroatoms. The van der Waals surface area contributed by atoms with Crippen molar-refractivity contribution in [2.45, 2.75) is 13.8 Å². The molecule has 2 nitrogen and oxygen atoms in total. The van der Waals surface area contributed by atoms with E-state index in [1.54, 1.807) is 6.08 Å². The molecule has 0 aliphatic rings. The molecule has 0 atom stereocenters. The summed E-state index contributed by atoms with van der Waals surface area (Å²) in [6, 6.07) is 16.0. The zero-order valence-electron chi connectivity index (χ0n) is 13.4. The molecule has 0 unspecified atom stereocenters. The van der Waals surface area contributed by atoms with Crippen LogP contribution >= 0.6 is 22.9 Å². The van der Waals surface area contributed by atoms with Gasteiger partial charge in [-0.05, 0) is 37.1 Å². The second-order valence-corrected chi connectivity index (χ2v) is 6.81. The van der Waals surface area contributed by atoms with Crippen LogP contribution in [-0.4, -0.2) is 4.98 Å². The standard InChI is InChI=1S/C20H15ClN2S/c1-13-7-8-17(14(2)9-13)19-12-24-20(23-19)16(11-22)10-15-5-3-4-6-18(15)21/h3-10,12H,1-2H3/b16-10-. The second-order valence-electron chi connectivity index (χ2n) is 5.55. The highest BCUT2D eigenvalue weighted by molar-refractivity contribution is 7.11. The molecule has 3 rings (SSSR count). The Morgan fingerprint density at radius 3 is 2.71 bits per heavy atom. The first kappa shape index (κ1) is 16.4. The monoisotopic (exact) mass is 350 g/mol. The van der Waals surface area contributed by atoms with E-state index in [1.807, 2.05) is 29.6 Å². The maximum absolute atomic E-state index is 9.51. The van der Waals surface area contributed by atoms with Gasteiger partial charge in [-0.1, -0.05) is 53.6 Å². The first-order valence-corrected chi connectivity index (χ1v) is 8.74. The van der Waals surface area contributed by atoms with Gasteiger partial charge in [0.25, 0.3) is 0 Å². The summed E-state index contributed by atoms with van der Waals surface area (Å²) in [4.78, 5) is 4.65. The molecule has 0 fully saturated rings. The Hall–Kier alpha value is -2.41. The van der Waals surface area contributed by atoms with Gasteiger partial charge in [0, 0.05) is 16.0 Å². The Labute approximate surface area is 150 Å². The lowest BCUT2D eigenvalue weighted by Gasteiger charge is -2.03. The van der Waals surface area contributed by atoms with E-state index in [0.717, 1.165) is 16.8 Å². The first-order chi connectivity index (χ1) is 11.6. The van der Waals surface area contributed by atoms with E-state index < -0.39 is 0 Å². The van der Waals surface area contributed by atoms with Crippen LogP contribution in [0.25, 0.3) is 22.9 Å². The van der Waals surface area contributed by atoms with Crippen molar-refractivity contribution < 1.29 is 0 Å². The average Bonchev–Trinajstić information content (AvgIpc) is 3.03. The summed E-state index contributed by atoms with van der Waals surface area (Å²) >= 11 is 7.65. The summed E-state index contributed by atoms with van der Waals surface area (Å²) in [6.07, 6.45) is 1.78. The molecule has 0 saturated heterocycles. The van der Waals surface area contributed by atoms with Crippen molar-refractivity contribution in [3.05, 3.63) is 74.6 Å². The van der Waals surface area contributed by atoms with Crippen molar-refractivity contribution in [3.8, 4) is 17.3 Å². The molecule has 1 aromatic heterocycles. The highest BCUT2D eigenvalue weighted by Gasteiger charge is 2.11. The van der Waals surface area contributed by atoms with Gasteiger partial charge in [-0.3, -0.25) is 0 Å². The van der Waals surface area contributed by atoms with E-state index in [1.165, 1.54) is 22.5 Å². The van der Waals surface area contributed by atoms with Crippen molar-refractivity contribution in [2.75, 3.05) is 0 Å². The van der Waals surface area contributed by atoms with Crippen LogP contribution in [-0.2, 0) is 0 Å². The molecule has 3 aromatic rings. The van der Waals surface area contributed by atoms with Crippen LogP contribution in [0.3, 0.4) is 0 Å². The Bertz CT molecular complexity index is 964. The second kappa shape index (κ2) is 7.00. The highest BCUT2D eigenvalue weighted by Crippen LogP contribution is 2.30.